The van der Waals surface area contributed by atoms with Gasteiger partial charge in [0.25, 0.3) is 0 Å². The summed E-state index contributed by atoms with van der Waals surface area (Å²) in [6.45, 7) is 10.7. The van der Waals surface area contributed by atoms with Crippen LogP contribution in [-0.4, -0.2) is 38.9 Å². The van der Waals surface area contributed by atoms with Gasteiger partial charge in [-0.3, -0.25) is 0 Å². The normalized spacial score (nSPS) is 61.7. The predicted molar refractivity (Wildman–Crippen MR) is 93.4 cm³/mol. The van der Waals surface area contributed by atoms with E-state index in [1.54, 1.807) is 0 Å². The molecule has 0 amide bonds. The molecule has 3 N–H and O–H groups in total. The van der Waals surface area contributed by atoms with Crippen molar-refractivity contribution in [3.05, 3.63) is 24.3 Å². The largest absolute Gasteiger partial charge is 0.388 e. The van der Waals surface area contributed by atoms with Crippen LogP contribution in [0.15, 0.2) is 24.3 Å². The first-order valence-electron chi connectivity index (χ1n) is 9.76. The molecular formula is C21H30O4. The van der Waals surface area contributed by atoms with Gasteiger partial charge in [0.15, 0.2) is 6.29 Å². The van der Waals surface area contributed by atoms with E-state index in [9.17, 15) is 15.3 Å². The second kappa shape index (κ2) is 4.41. The fourth-order valence-corrected chi connectivity index (χ4v) is 8.04. The number of ether oxygens (including phenoxy) is 1. The third-order valence-corrected chi connectivity index (χ3v) is 8.83. The highest BCUT2D eigenvalue weighted by molar-refractivity contribution is 5.39. The topological polar surface area (TPSA) is 69.9 Å². The number of fused-ring (bicyclic) bond motifs is 1. The van der Waals surface area contributed by atoms with E-state index < -0.39 is 29.0 Å². The highest BCUT2D eigenvalue weighted by Gasteiger charge is 2.81. The lowest BCUT2D eigenvalue weighted by Gasteiger charge is -2.47. The molecule has 4 nitrogen and oxygen atoms in total. The number of aliphatic hydroxyl groups excluding tert-OH is 2. The van der Waals surface area contributed by atoms with Crippen molar-refractivity contribution in [1.29, 1.82) is 0 Å². The lowest BCUT2D eigenvalue weighted by Crippen LogP contribution is -2.51. The van der Waals surface area contributed by atoms with Gasteiger partial charge < -0.3 is 20.1 Å². The van der Waals surface area contributed by atoms with E-state index in [0.717, 1.165) is 31.3 Å². The average Bonchev–Trinajstić information content (AvgIpc) is 2.95. The highest BCUT2D eigenvalue weighted by Crippen LogP contribution is 2.79. The molecule has 5 rings (SSSR count). The number of rotatable bonds is 1. The molecular weight excluding hydrogens is 316 g/mol. The van der Waals surface area contributed by atoms with Gasteiger partial charge in [0.2, 0.25) is 0 Å². The molecule has 4 unspecified atom stereocenters. The Hall–Kier alpha value is -0.680. The van der Waals surface area contributed by atoms with Crippen LogP contribution in [0.2, 0.25) is 0 Å². The molecule has 0 aromatic carbocycles. The summed E-state index contributed by atoms with van der Waals surface area (Å²) in [6, 6.07) is 0. The first kappa shape index (κ1) is 16.5. The van der Waals surface area contributed by atoms with Gasteiger partial charge in [0.05, 0.1) is 22.7 Å². The lowest BCUT2D eigenvalue weighted by atomic mass is 9.58. The summed E-state index contributed by atoms with van der Waals surface area (Å²) in [4.78, 5) is 0. The zero-order chi connectivity index (χ0) is 18.0. The lowest BCUT2D eigenvalue weighted by molar-refractivity contribution is -0.190. The maximum absolute atomic E-state index is 11.1. The van der Waals surface area contributed by atoms with Crippen molar-refractivity contribution >= 4 is 0 Å². The first-order valence-corrected chi connectivity index (χ1v) is 9.76. The van der Waals surface area contributed by atoms with E-state index in [2.05, 4.69) is 26.5 Å². The fraction of sp³-hybridized carbons (Fsp3) is 0.810. The minimum Gasteiger partial charge on any atom is -0.388 e. The molecule has 138 valence electrons. The standard InChI is InChI=1S/C21H30O4/c1-11(2)15-16-18(4)14(22)6-8-21(16,25-17(18)23)13-5-7-20(24)10-19(13,15)9-12(20)3/h6,8,11,13-17,22-24H,3,5,7,9-10H2,1-2,4H3/t13?,14-,15-,16?,17?,18+,19-,20?,21+/m0/s1. The van der Waals surface area contributed by atoms with Crippen molar-refractivity contribution in [2.24, 2.45) is 34.5 Å². The maximum atomic E-state index is 11.1. The van der Waals surface area contributed by atoms with Crippen molar-refractivity contribution in [2.45, 2.75) is 70.1 Å². The monoisotopic (exact) mass is 346 g/mol. The Bertz CT molecular complexity index is 685. The Labute approximate surface area is 149 Å². The second-order valence-electron chi connectivity index (χ2n) is 10.1. The first-order chi connectivity index (χ1) is 11.6. The van der Waals surface area contributed by atoms with Crippen molar-refractivity contribution in [2.75, 3.05) is 0 Å². The van der Waals surface area contributed by atoms with Gasteiger partial charge in [-0.25, -0.2) is 0 Å². The molecule has 1 aliphatic heterocycles. The van der Waals surface area contributed by atoms with Crippen LogP contribution in [0.3, 0.4) is 0 Å². The van der Waals surface area contributed by atoms with Gasteiger partial charge in [-0.1, -0.05) is 39.5 Å². The van der Waals surface area contributed by atoms with Crippen molar-refractivity contribution in [1.82, 2.24) is 0 Å². The van der Waals surface area contributed by atoms with E-state index in [0.29, 0.717) is 5.92 Å². The van der Waals surface area contributed by atoms with Crippen molar-refractivity contribution in [3.63, 3.8) is 0 Å². The molecule has 4 fully saturated rings. The molecule has 1 heterocycles. The van der Waals surface area contributed by atoms with E-state index in [1.165, 1.54) is 0 Å². The van der Waals surface area contributed by atoms with E-state index in [4.69, 9.17) is 4.74 Å². The van der Waals surface area contributed by atoms with Crippen LogP contribution in [0.25, 0.3) is 0 Å². The van der Waals surface area contributed by atoms with Gasteiger partial charge in [-0.2, -0.15) is 0 Å². The molecule has 4 heteroatoms. The smallest absolute Gasteiger partial charge is 0.164 e. The summed E-state index contributed by atoms with van der Waals surface area (Å²) in [6.07, 6.45) is 5.45. The minimum absolute atomic E-state index is 0.0429. The predicted octanol–water partition coefficient (Wildman–Crippen LogP) is 2.39. The van der Waals surface area contributed by atoms with Crippen LogP contribution in [0.1, 0.15) is 46.5 Å². The molecule has 4 aliphatic carbocycles. The highest BCUT2D eigenvalue weighted by atomic mass is 16.6. The third-order valence-electron chi connectivity index (χ3n) is 8.83. The Morgan fingerprint density at radius 2 is 2.04 bits per heavy atom. The number of hydrogen-bond donors (Lipinski definition) is 3. The number of hydrogen-bond acceptors (Lipinski definition) is 4. The van der Waals surface area contributed by atoms with Crippen LogP contribution >= 0.6 is 0 Å². The average molecular weight is 346 g/mol. The Kier molecular flexibility index (Phi) is 2.91. The summed E-state index contributed by atoms with van der Waals surface area (Å²) in [5.74, 6) is 0.991. The summed E-state index contributed by atoms with van der Waals surface area (Å²) in [5, 5.41) is 32.7. The van der Waals surface area contributed by atoms with Gasteiger partial charge in [-0.05, 0) is 54.4 Å². The Morgan fingerprint density at radius 1 is 1.32 bits per heavy atom. The van der Waals surface area contributed by atoms with Crippen LogP contribution in [-0.2, 0) is 4.74 Å². The van der Waals surface area contributed by atoms with Gasteiger partial charge in [0, 0.05) is 5.92 Å². The van der Waals surface area contributed by atoms with E-state index >= 15 is 0 Å². The molecule has 1 saturated heterocycles. The molecule has 0 radical (unpaired) electrons. The molecule has 9 atom stereocenters. The fourth-order valence-electron chi connectivity index (χ4n) is 8.04. The summed E-state index contributed by atoms with van der Waals surface area (Å²) in [7, 11) is 0. The van der Waals surface area contributed by atoms with Gasteiger partial charge in [-0.15, -0.1) is 0 Å². The summed E-state index contributed by atoms with van der Waals surface area (Å²) in [5.41, 5.74) is -1.03. The summed E-state index contributed by atoms with van der Waals surface area (Å²) >= 11 is 0. The maximum Gasteiger partial charge on any atom is 0.164 e. The molecule has 25 heavy (non-hydrogen) atoms. The molecule has 0 aromatic rings. The second-order valence-corrected chi connectivity index (χ2v) is 10.1. The van der Waals surface area contributed by atoms with E-state index in [1.807, 2.05) is 13.0 Å². The van der Waals surface area contributed by atoms with Crippen LogP contribution in [0, 0.1) is 34.5 Å². The zero-order valence-electron chi connectivity index (χ0n) is 15.4. The third kappa shape index (κ3) is 1.53. The molecule has 0 aromatic heterocycles. The van der Waals surface area contributed by atoms with Gasteiger partial charge >= 0.3 is 0 Å². The molecule has 1 spiro atoms. The minimum atomic E-state index is -0.952. The van der Waals surface area contributed by atoms with Crippen LogP contribution in [0.4, 0.5) is 0 Å². The summed E-state index contributed by atoms with van der Waals surface area (Å²) < 4.78 is 6.33. The molecule has 4 bridgehead atoms. The Morgan fingerprint density at radius 3 is 2.72 bits per heavy atom. The SMILES string of the molecule is C=C1C[C@]23CC1(O)CCC2[C@@]12C=C[C@H](O)[C@@](C)(C(O)O1)C2[C@@H]3C(C)C. The zero-order valence-corrected chi connectivity index (χ0v) is 15.4. The quantitative estimate of drug-likeness (QED) is 0.638. The van der Waals surface area contributed by atoms with Crippen LogP contribution in [0.5, 0.6) is 0 Å². The van der Waals surface area contributed by atoms with Crippen molar-refractivity contribution in [3.8, 4) is 0 Å². The van der Waals surface area contributed by atoms with Crippen LogP contribution < -0.4 is 0 Å². The molecule has 3 saturated carbocycles. The van der Waals surface area contributed by atoms with Crippen molar-refractivity contribution < 1.29 is 20.1 Å². The number of aliphatic hydroxyl groups is 3. The van der Waals surface area contributed by atoms with E-state index in [-0.39, 0.29) is 23.2 Å². The Balaban J connectivity index is 1.76. The van der Waals surface area contributed by atoms with Gasteiger partial charge in [0.1, 0.15) is 0 Å². The molecule has 5 aliphatic rings.